The molecule has 0 unspecified atom stereocenters. The largest absolute Gasteiger partial charge is 0.288 e. The van der Waals surface area contributed by atoms with Gasteiger partial charge in [0.05, 0.1) is 9.90 Å². The minimum atomic E-state index is -0.375. The van der Waals surface area contributed by atoms with Crippen molar-refractivity contribution in [3.8, 4) is 0 Å². The number of ketones is 1. The zero-order chi connectivity index (χ0) is 12.6. The fourth-order valence-electron chi connectivity index (χ4n) is 1.45. The highest BCUT2D eigenvalue weighted by Crippen LogP contribution is 2.29. The maximum absolute atomic E-state index is 13.4. The predicted molar refractivity (Wildman–Crippen MR) is 68.6 cm³/mol. The van der Waals surface area contributed by atoms with Gasteiger partial charge in [0.1, 0.15) is 5.82 Å². The summed E-state index contributed by atoms with van der Waals surface area (Å²) in [5.74, 6) is -0.604. The molecule has 1 nitrogen and oxygen atoms in total. The van der Waals surface area contributed by atoms with Crippen molar-refractivity contribution in [2.75, 3.05) is 0 Å². The molecule has 0 saturated carbocycles. The lowest BCUT2D eigenvalue weighted by molar-refractivity contribution is 0.104. The van der Waals surface area contributed by atoms with Crippen LogP contribution in [0.5, 0.6) is 0 Å². The van der Waals surface area contributed by atoms with Crippen LogP contribution in [-0.2, 0) is 0 Å². The van der Waals surface area contributed by atoms with Crippen molar-refractivity contribution in [2.24, 2.45) is 0 Å². The van der Waals surface area contributed by atoms with E-state index in [2.05, 4.69) is 0 Å². The van der Waals surface area contributed by atoms with E-state index in [-0.39, 0.29) is 11.6 Å². The second-order valence-corrected chi connectivity index (χ2v) is 5.11. The summed E-state index contributed by atoms with van der Waals surface area (Å²) in [7, 11) is 0. The smallest absolute Gasteiger partial charge is 0.204 e. The molecule has 0 spiro atoms. The summed E-state index contributed by atoms with van der Waals surface area (Å²) in [6.07, 6.45) is 0. The fraction of sp³-hybridized carbons (Fsp3) is 0.154. The molecule has 88 valence electrons. The molecule has 0 aliphatic rings. The van der Waals surface area contributed by atoms with Gasteiger partial charge >= 0.3 is 0 Å². The first kappa shape index (κ1) is 12.3. The van der Waals surface area contributed by atoms with Gasteiger partial charge in [0.15, 0.2) is 0 Å². The van der Waals surface area contributed by atoms with Crippen LogP contribution in [0.25, 0.3) is 0 Å². The van der Waals surface area contributed by atoms with Gasteiger partial charge in [-0.15, -0.1) is 11.3 Å². The molecular formula is C13H10ClFOS. The molecule has 0 saturated heterocycles. The summed E-state index contributed by atoms with van der Waals surface area (Å²) in [6.45, 7) is 3.50. The maximum Gasteiger partial charge on any atom is 0.204 e. The SMILES string of the molecule is Cc1ccc(C(=O)c2scc(C)c2Cl)cc1F. The van der Waals surface area contributed by atoms with E-state index >= 15 is 0 Å². The highest BCUT2D eigenvalue weighted by molar-refractivity contribution is 7.13. The quantitative estimate of drug-likeness (QED) is 0.739. The van der Waals surface area contributed by atoms with Gasteiger partial charge in [-0.3, -0.25) is 4.79 Å². The van der Waals surface area contributed by atoms with E-state index in [1.54, 1.807) is 19.1 Å². The highest BCUT2D eigenvalue weighted by Gasteiger charge is 2.17. The zero-order valence-corrected chi connectivity index (χ0v) is 11.0. The number of hydrogen-bond acceptors (Lipinski definition) is 2. The van der Waals surface area contributed by atoms with Crippen LogP contribution in [0, 0.1) is 19.7 Å². The number of benzene rings is 1. The highest BCUT2D eigenvalue weighted by atomic mass is 35.5. The molecule has 2 aromatic rings. The van der Waals surface area contributed by atoms with Gasteiger partial charge in [0, 0.05) is 5.56 Å². The lowest BCUT2D eigenvalue weighted by atomic mass is 10.1. The molecule has 0 atom stereocenters. The van der Waals surface area contributed by atoms with E-state index in [4.69, 9.17) is 11.6 Å². The third-order valence-corrected chi connectivity index (χ3v) is 4.24. The molecular weight excluding hydrogens is 259 g/mol. The summed E-state index contributed by atoms with van der Waals surface area (Å²) in [6, 6.07) is 4.46. The summed E-state index contributed by atoms with van der Waals surface area (Å²) >= 11 is 7.31. The lowest BCUT2D eigenvalue weighted by Crippen LogP contribution is -2.00. The Bertz CT molecular complexity index is 589. The van der Waals surface area contributed by atoms with Gasteiger partial charge in [0.2, 0.25) is 5.78 Å². The first-order valence-electron chi connectivity index (χ1n) is 5.05. The van der Waals surface area contributed by atoms with Gasteiger partial charge in [-0.05, 0) is 36.4 Å². The van der Waals surface area contributed by atoms with Crippen molar-refractivity contribution < 1.29 is 9.18 Å². The number of rotatable bonds is 2. The summed E-state index contributed by atoms with van der Waals surface area (Å²) in [5, 5.41) is 2.28. The van der Waals surface area contributed by atoms with Crippen LogP contribution in [0.1, 0.15) is 26.4 Å². The molecule has 1 aromatic heterocycles. The van der Waals surface area contributed by atoms with E-state index < -0.39 is 0 Å². The van der Waals surface area contributed by atoms with Crippen LogP contribution >= 0.6 is 22.9 Å². The Balaban J connectivity index is 2.44. The topological polar surface area (TPSA) is 17.1 Å². The molecule has 0 aliphatic carbocycles. The Labute approximate surface area is 108 Å². The molecule has 1 heterocycles. The molecule has 2 rings (SSSR count). The van der Waals surface area contributed by atoms with Gasteiger partial charge in [-0.2, -0.15) is 0 Å². The average molecular weight is 269 g/mol. The monoisotopic (exact) mass is 268 g/mol. The van der Waals surface area contributed by atoms with Crippen LogP contribution in [0.15, 0.2) is 23.6 Å². The molecule has 17 heavy (non-hydrogen) atoms. The van der Waals surface area contributed by atoms with Gasteiger partial charge in [-0.25, -0.2) is 4.39 Å². The number of carbonyl (C=O) groups excluding carboxylic acids is 1. The Morgan fingerprint density at radius 3 is 2.53 bits per heavy atom. The minimum absolute atomic E-state index is 0.230. The van der Waals surface area contributed by atoms with Crippen molar-refractivity contribution in [2.45, 2.75) is 13.8 Å². The van der Waals surface area contributed by atoms with Crippen molar-refractivity contribution >= 4 is 28.7 Å². The first-order valence-corrected chi connectivity index (χ1v) is 6.31. The van der Waals surface area contributed by atoms with Crippen LogP contribution in [0.4, 0.5) is 4.39 Å². The molecule has 0 fully saturated rings. The van der Waals surface area contributed by atoms with Gasteiger partial charge in [0.25, 0.3) is 0 Å². The third-order valence-electron chi connectivity index (χ3n) is 2.54. The minimum Gasteiger partial charge on any atom is -0.288 e. The third kappa shape index (κ3) is 2.26. The molecule has 0 aliphatic heterocycles. The van der Waals surface area contributed by atoms with Crippen molar-refractivity contribution in [1.29, 1.82) is 0 Å². The summed E-state index contributed by atoms with van der Waals surface area (Å²) < 4.78 is 13.4. The normalized spacial score (nSPS) is 10.6. The molecule has 0 radical (unpaired) electrons. The number of thiophene rings is 1. The van der Waals surface area contributed by atoms with Crippen LogP contribution in [0.3, 0.4) is 0 Å². The maximum atomic E-state index is 13.4. The van der Waals surface area contributed by atoms with E-state index in [1.807, 2.05) is 12.3 Å². The fourth-order valence-corrected chi connectivity index (χ4v) is 2.69. The van der Waals surface area contributed by atoms with E-state index in [1.165, 1.54) is 17.4 Å². The predicted octanol–water partition coefficient (Wildman–Crippen LogP) is 4.39. The molecule has 0 bridgehead atoms. The summed E-state index contributed by atoms with van der Waals surface area (Å²) in [5.41, 5.74) is 1.72. The number of carbonyl (C=O) groups is 1. The van der Waals surface area contributed by atoms with Crippen LogP contribution in [0.2, 0.25) is 5.02 Å². The zero-order valence-electron chi connectivity index (χ0n) is 9.38. The first-order chi connectivity index (χ1) is 8.00. The number of hydrogen-bond donors (Lipinski definition) is 0. The number of halogens is 2. The standard InChI is InChI=1S/C13H10ClFOS/c1-7-3-4-9(5-10(7)15)12(16)13-11(14)8(2)6-17-13/h3-6H,1-2H3. The molecule has 4 heteroatoms. The van der Waals surface area contributed by atoms with Crippen molar-refractivity contribution in [1.82, 2.24) is 0 Å². The van der Waals surface area contributed by atoms with Crippen molar-refractivity contribution in [3.05, 3.63) is 56.0 Å². The summed E-state index contributed by atoms with van der Waals surface area (Å²) in [4.78, 5) is 12.6. The van der Waals surface area contributed by atoms with Gasteiger partial charge in [-0.1, -0.05) is 23.7 Å². The Hall–Kier alpha value is -1.19. The van der Waals surface area contributed by atoms with Crippen LogP contribution in [-0.4, -0.2) is 5.78 Å². The average Bonchev–Trinajstić information content (AvgIpc) is 2.63. The second-order valence-electron chi connectivity index (χ2n) is 3.85. The van der Waals surface area contributed by atoms with E-state index in [9.17, 15) is 9.18 Å². The van der Waals surface area contributed by atoms with E-state index in [0.29, 0.717) is 21.0 Å². The van der Waals surface area contributed by atoms with Crippen molar-refractivity contribution in [3.63, 3.8) is 0 Å². The Morgan fingerprint density at radius 1 is 1.29 bits per heavy atom. The van der Waals surface area contributed by atoms with Gasteiger partial charge < -0.3 is 0 Å². The Morgan fingerprint density at radius 2 is 2.00 bits per heavy atom. The molecule has 0 amide bonds. The molecule has 1 aromatic carbocycles. The Kier molecular flexibility index (Phi) is 3.31. The van der Waals surface area contributed by atoms with Crippen LogP contribution < -0.4 is 0 Å². The lowest BCUT2D eigenvalue weighted by Gasteiger charge is -2.01. The van der Waals surface area contributed by atoms with E-state index in [0.717, 1.165) is 5.56 Å². The second kappa shape index (κ2) is 4.59. The molecule has 0 N–H and O–H groups in total. The number of aryl methyl sites for hydroxylation is 2.